The molecule has 6 bridgehead atoms. The smallest absolute Gasteiger partial charge is 0.410 e. The number of rotatable bonds is 9. The van der Waals surface area contributed by atoms with Gasteiger partial charge in [0.15, 0.2) is 6.10 Å². The zero-order valence-electron chi connectivity index (χ0n) is 36.8. The number of benzene rings is 1. The second kappa shape index (κ2) is 18.2. The molecule has 0 saturated carbocycles. The van der Waals surface area contributed by atoms with Crippen LogP contribution < -0.4 is 10.7 Å². The molecule has 3 aliphatic rings. The monoisotopic (exact) mass is 856 g/mol. The van der Waals surface area contributed by atoms with Gasteiger partial charge in [0.2, 0.25) is 0 Å². The molecule has 16 heteroatoms. The van der Waals surface area contributed by atoms with Gasteiger partial charge in [0, 0.05) is 84.8 Å². The highest BCUT2D eigenvalue weighted by atomic mass is 32.1. The zero-order chi connectivity index (χ0) is 43.7. The fourth-order valence-corrected chi connectivity index (χ4v) is 9.27. The molecule has 2 fully saturated rings. The Morgan fingerprint density at radius 1 is 1.15 bits per heavy atom. The van der Waals surface area contributed by atoms with Gasteiger partial charge in [-0.2, -0.15) is 0 Å². The van der Waals surface area contributed by atoms with E-state index in [9.17, 15) is 19.2 Å². The first-order valence-corrected chi connectivity index (χ1v) is 22.2. The lowest BCUT2D eigenvalue weighted by molar-refractivity contribution is -0.155. The molecular weight excluding hydrogens is 797 g/mol. The molecule has 1 aromatic carbocycles. The summed E-state index contributed by atoms with van der Waals surface area (Å²) in [5, 5.41) is 8.01. The summed E-state index contributed by atoms with van der Waals surface area (Å²) >= 11 is 1.41. The number of thiazole rings is 1. The Morgan fingerprint density at radius 2 is 1.92 bits per heavy atom. The van der Waals surface area contributed by atoms with E-state index in [1.165, 1.54) is 16.3 Å². The Hall–Kier alpha value is -4.90. The minimum atomic E-state index is -1.14. The van der Waals surface area contributed by atoms with Crippen LogP contribution in [0.5, 0.6) is 0 Å². The van der Waals surface area contributed by atoms with Gasteiger partial charge in [0.25, 0.3) is 11.8 Å². The second-order valence-electron chi connectivity index (χ2n) is 17.8. The van der Waals surface area contributed by atoms with Crippen LogP contribution in [0.15, 0.2) is 41.9 Å². The molecule has 3 aliphatic heterocycles. The number of methoxy groups -OCH3 is 1. The Kier molecular flexibility index (Phi) is 13.2. The molecule has 4 aromatic rings. The Labute approximate surface area is 362 Å². The number of hydrogen-bond acceptors (Lipinski definition) is 12. The van der Waals surface area contributed by atoms with Crippen LogP contribution in [-0.4, -0.2) is 125 Å². The highest BCUT2D eigenvalue weighted by Gasteiger charge is 2.39. The Bertz CT molecular complexity index is 2260. The van der Waals surface area contributed by atoms with E-state index in [2.05, 4.69) is 60.3 Å². The lowest BCUT2D eigenvalue weighted by Gasteiger charge is -2.42. The summed E-state index contributed by atoms with van der Waals surface area (Å²) in [6, 6.07) is 8.79. The van der Waals surface area contributed by atoms with Crippen molar-refractivity contribution in [1.82, 2.24) is 40.1 Å². The van der Waals surface area contributed by atoms with Gasteiger partial charge in [-0.1, -0.05) is 33.8 Å². The number of pyridine rings is 1. The third-order valence-electron chi connectivity index (χ3n) is 12.1. The molecule has 0 radical (unpaired) electrons. The molecule has 15 nitrogen and oxygen atoms in total. The van der Waals surface area contributed by atoms with Crippen molar-refractivity contribution in [1.29, 1.82) is 0 Å². The number of likely N-dealkylation sites (N-methyl/N-ethyl adjacent to an activating group) is 1. The predicted molar refractivity (Wildman–Crippen MR) is 233 cm³/mol. The molecule has 2 saturated heterocycles. The van der Waals surface area contributed by atoms with Crippen molar-refractivity contribution in [2.75, 3.05) is 47.4 Å². The number of amides is 3. The van der Waals surface area contributed by atoms with Gasteiger partial charge in [-0.25, -0.2) is 15.2 Å². The number of hydrazine groups is 1. The number of fused-ring (bicyclic) bond motifs is 6. The molecule has 7 rings (SSSR count). The standard InChI is InChI=1S/C45H60N8O7S/c1-10-52-36-16-15-28-19-31(36)32(39(52)30-13-11-17-46-38(30)27(4)58-9)21-45(5,6)25-59-43(56)33-14-12-18-53(49-33)42(55)34(20-37-47-35(28)24-61-37)48-41(54)40(26(2)3)60-44(57)51-22-29(23-51)50(7)8/h11,13,15-17,19,24,26-27,29,33-34,40,49H,10,12,14,18,20-23,25H2,1-9H3,(H,48,54)/t27-,33-,34-,40-/m0/s1. The van der Waals surface area contributed by atoms with E-state index in [1.54, 1.807) is 32.1 Å². The third-order valence-corrected chi connectivity index (χ3v) is 13.0. The zero-order valence-corrected chi connectivity index (χ0v) is 37.6. The van der Waals surface area contributed by atoms with Crippen LogP contribution in [0.25, 0.3) is 33.4 Å². The van der Waals surface area contributed by atoms with Crippen LogP contribution in [0.1, 0.15) is 76.8 Å². The van der Waals surface area contributed by atoms with Gasteiger partial charge < -0.3 is 33.9 Å². The molecule has 3 amide bonds. The van der Waals surface area contributed by atoms with Crippen molar-refractivity contribution in [3.8, 4) is 22.5 Å². The maximum absolute atomic E-state index is 14.4. The van der Waals surface area contributed by atoms with Crippen LogP contribution >= 0.6 is 11.3 Å². The molecule has 3 aromatic heterocycles. The van der Waals surface area contributed by atoms with E-state index < -0.39 is 47.5 Å². The summed E-state index contributed by atoms with van der Waals surface area (Å²) in [7, 11) is 5.60. The maximum Gasteiger partial charge on any atom is 0.410 e. The number of aromatic nitrogens is 3. The van der Waals surface area contributed by atoms with Gasteiger partial charge in [-0.15, -0.1) is 11.3 Å². The lowest BCUT2D eigenvalue weighted by atomic mass is 9.84. The van der Waals surface area contributed by atoms with Crippen LogP contribution in [-0.2, 0) is 48.0 Å². The molecule has 61 heavy (non-hydrogen) atoms. The molecule has 6 heterocycles. The van der Waals surface area contributed by atoms with E-state index in [0.29, 0.717) is 50.4 Å². The Morgan fingerprint density at radius 3 is 2.62 bits per heavy atom. The number of nitrogens with one attached hydrogen (secondary N) is 2. The summed E-state index contributed by atoms with van der Waals surface area (Å²) < 4.78 is 20.0. The lowest BCUT2D eigenvalue weighted by Crippen LogP contribution is -2.62. The second-order valence-corrected chi connectivity index (χ2v) is 18.8. The minimum Gasteiger partial charge on any atom is -0.464 e. The topological polar surface area (TPSA) is 160 Å². The first-order chi connectivity index (χ1) is 29.1. The van der Waals surface area contributed by atoms with E-state index in [0.717, 1.165) is 44.7 Å². The summed E-state index contributed by atoms with van der Waals surface area (Å²) in [4.78, 5) is 68.9. The Balaban J connectivity index is 1.27. The highest BCUT2D eigenvalue weighted by Crippen LogP contribution is 2.42. The average Bonchev–Trinajstić information content (AvgIpc) is 3.81. The van der Waals surface area contributed by atoms with E-state index in [4.69, 9.17) is 24.2 Å². The van der Waals surface area contributed by atoms with Crippen LogP contribution in [0, 0.1) is 11.3 Å². The first kappa shape index (κ1) is 44.2. The van der Waals surface area contributed by atoms with E-state index >= 15 is 0 Å². The number of hydrogen-bond donors (Lipinski definition) is 2. The van der Waals surface area contributed by atoms with Crippen molar-refractivity contribution < 1.29 is 33.4 Å². The fourth-order valence-electron chi connectivity index (χ4n) is 8.42. The molecule has 0 spiro atoms. The summed E-state index contributed by atoms with van der Waals surface area (Å²) in [5.41, 5.74) is 9.30. The van der Waals surface area contributed by atoms with Crippen LogP contribution in [0.2, 0.25) is 0 Å². The number of cyclic esters (lactones) is 1. The van der Waals surface area contributed by atoms with Crippen LogP contribution in [0.4, 0.5) is 4.79 Å². The number of ether oxygens (including phenoxy) is 3. The SMILES string of the molecule is CCn1c(-c2cccnc2[C@H](C)OC)c2c3cc(ccc31)-c1csc(n1)C[C@H](NC(=O)[C@@H](OC(=O)N1CC(N(C)C)C1)C(C)C)C(=O)N1CCC[C@H](N1)C(=O)OCC(C)(C)C2. The molecule has 328 valence electrons. The number of likely N-dealkylation sites (tertiary alicyclic amines) is 1. The largest absolute Gasteiger partial charge is 0.464 e. The number of esters is 1. The normalized spacial score (nSPS) is 20.9. The first-order valence-electron chi connectivity index (χ1n) is 21.3. The third kappa shape index (κ3) is 9.32. The highest BCUT2D eigenvalue weighted by molar-refractivity contribution is 7.10. The summed E-state index contributed by atoms with van der Waals surface area (Å²) in [6.07, 6.45) is 1.53. The fraction of sp³-hybridized carbons (Fsp3) is 0.556. The predicted octanol–water partition coefficient (Wildman–Crippen LogP) is 5.61. The van der Waals surface area contributed by atoms with Gasteiger partial charge in [-0.3, -0.25) is 24.4 Å². The van der Waals surface area contributed by atoms with Crippen molar-refractivity contribution in [3.05, 3.63) is 58.2 Å². The molecule has 0 aliphatic carbocycles. The van der Waals surface area contributed by atoms with E-state index in [1.807, 2.05) is 37.4 Å². The number of carbonyl (C=O) groups is 4. The molecule has 4 atom stereocenters. The molecule has 2 N–H and O–H groups in total. The summed E-state index contributed by atoms with van der Waals surface area (Å²) in [6.45, 7) is 14.1. The van der Waals surface area contributed by atoms with Gasteiger partial charge in [0.05, 0.1) is 34.8 Å². The minimum absolute atomic E-state index is 0.0808. The summed E-state index contributed by atoms with van der Waals surface area (Å²) in [5.74, 6) is -1.82. The van der Waals surface area contributed by atoms with E-state index in [-0.39, 0.29) is 31.1 Å². The van der Waals surface area contributed by atoms with Gasteiger partial charge in [0.1, 0.15) is 12.1 Å². The van der Waals surface area contributed by atoms with Crippen LogP contribution in [0.3, 0.4) is 0 Å². The number of aryl methyl sites for hydroxylation is 1. The van der Waals surface area contributed by atoms with Gasteiger partial charge >= 0.3 is 12.1 Å². The average molecular weight is 857 g/mol. The number of nitrogens with zero attached hydrogens (tertiary/aromatic N) is 6. The van der Waals surface area contributed by atoms with Crippen molar-refractivity contribution in [2.45, 2.75) is 104 Å². The quantitative estimate of drug-likeness (QED) is 0.202. The maximum atomic E-state index is 14.4. The molecule has 0 unspecified atom stereocenters. The van der Waals surface area contributed by atoms with Crippen molar-refractivity contribution in [3.63, 3.8) is 0 Å². The van der Waals surface area contributed by atoms with Crippen molar-refractivity contribution >= 4 is 46.1 Å². The number of carbonyl (C=O) groups excluding carboxylic acids is 4. The van der Waals surface area contributed by atoms with Crippen molar-refractivity contribution in [2.24, 2.45) is 11.3 Å². The molecular formula is C45H60N8O7S. The van der Waals surface area contributed by atoms with Gasteiger partial charge in [-0.05, 0) is 83.0 Å².